The third kappa shape index (κ3) is 4.37. The molecule has 0 spiro atoms. The van der Waals surface area contributed by atoms with E-state index < -0.39 is 6.10 Å². The molecule has 2 heteroatoms. The maximum atomic E-state index is 9.10. The van der Waals surface area contributed by atoms with Crippen LogP contribution in [0.25, 0.3) is 0 Å². The Kier molecular flexibility index (Phi) is 5.00. The van der Waals surface area contributed by atoms with E-state index in [4.69, 9.17) is 10.2 Å². The quantitative estimate of drug-likeness (QED) is 0.547. The van der Waals surface area contributed by atoms with Crippen LogP contribution >= 0.6 is 0 Å². The Morgan fingerprint density at radius 2 is 2.00 bits per heavy atom. The van der Waals surface area contributed by atoms with Crippen LogP contribution in [0.15, 0.2) is 0 Å². The van der Waals surface area contributed by atoms with E-state index in [2.05, 4.69) is 11.8 Å². The molecule has 2 nitrogen and oxygen atoms in total. The molecule has 58 valence electrons. The first-order valence-corrected chi connectivity index (χ1v) is 3.45. The van der Waals surface area contributed by atoms with Crippen molar-refractivity contribution in [2.24, 2.45) is 5.92 Å². The summed E-state index contributed by atoms with van der Waals surface area (Å²) in [7, 11) is 0. The van der Waals surface area contributed by atoms with Gasteiger partial charge in [0.1, 0.15) is 6.10 Å². The molecule has 10 heavy (non-hydrogen) atoms. The first-order valence-electron chi connectivity index (χ1n) is 3.45. The summed E-state index contributed by atoms with van der Waals surface area (Å²) in [4.78, 5) is 0. The van der Waals surface area contributed by atoms with Crippen LogP contribution in [-0.4, -0.2) is 22.9 Å². The zero-order chi connectivity index (χ0) is 7.98. The molecule has 0 aliphatic carbocycles. The standard InChI is InChI=1S/C8H14O2/c1-7(2)8(10)5-3-4-6-9/h7-10H,4,6H2,1-2H3/t8-/m1/s1. The number of aliphatic hydroxyl groups excluding tert-OH is 2. The highest BCUT2D eigenvalue weighted by molar-refractivity contribution is 5.05. The Bertz CT molecular complexity index is 130. The van der Waals surface area contributed by atoms with Crippen molar-refractivity contribution in [3.8, 4) is 11.8 Å². The van der Waals surface area contributed by atoms with E-state index in [0.717, 1.165) is 0 Å². The fraction of sp³-hybridized carbons (Fsp3) is 0.750. The molecule has 0 unspecified atom stereocenters. The smallest absolute Gasteiger partial charge is 0.117 e. The lowest BCUT2D eigenvalue weighted by molar-refractivity contribution is 0.181. The second kappa shape index (κ2) is 5.28. The summed E-state index contributed by atoms with van der Waals surface area (Å²) in [5, 5.41) is 17.4. The van der Waals surface area contributed by atoms with E-state index in [9.17, 15) is 0 Å². The average Bonchev–Trinajstić information content (AvgIpc) is 1.88. The van der Waals surface area contributed by atoms with Crippen LogP contribution in [0.4, 0.5) is 0 Å². The molecule has 0 radical (unpaired) electrons. The van der Waals surface area contributed by atoms with Crippen LogP contribution < -0.4 is 0 Å². The average molecular weight is 142 g/mol. The van der Waals surface area contributed by atoms with Crippen LogP contribution in [0.2, 0.25) is 0 Å². The first-order chi connectivity index (χ1) is 4.68. The summed E-state index contributed by atoms with van der Waals surface area (Å²) < 4.78 is 0. The maximum absolute atomic E-state index is 9.10. The Balaban J connectivity index is 3.57. The van der Waals surface area contributed by atoms with Crippen molar-refractivity contribution < 1.29 is 10.2 Å². The highest BCUT2D eigenvalue weighted by Gasteiger charge is 2.02. The zero-order valence-electron chi connectivity index (χ0n) is 6.46. The molecule has 0 heterocycles. The Labute approximate surface area is 61.9 Å². The van der Waals surface area contributed by atoms with Gasteiger partial charge in [-0.05, 0) is 5.92 Å². The third-order valence-corrected chi connectivity index (χ3v) is 1.12. The Morgan fingerprint density at radius 3 is 2.40 bits per heavy atom. The van der Waals surface area contributed by atoms with E-state index >= 15 is 0 Å². The lowest BCUT2D eigenvalue weighted by Gasteiger charge is -2.04. The van der Waals surface area contributed by atoms with Gasteiger partial charge >= 0.3 is 0 Å². The summed E-state index contributed by atoms with van der Waals surface area (Å²) in [6, 6.07) is 0. The van der Waals surface area contributed by atoms with E-state index in [1.54, 1.807) is 0 Å². The monoisotopic (exact) mass is 142 g/mol. The minimum absolute atomic E-state index is 0.0673. The van der Waals surface area contributed by atoms with Gasteiger partial charge in [0.05, 0.1) is 6.61 Å². The van der Waals surface area contributed by atoms with Crippen molar-refractivity contribution in [3.63, 3.8) is 0 Å². The molecule has 0 bridgehead atoms. The Morgan fingerprint density at radius 1 is 1.40 bits per heavy atom. The largest absolute Gasteiger partial charge is 0.395 e. The molecule has 2 N–H and O–H groups in total. The van der Waals surface area contributed by atoms with Gasteiger partial charge in [-0.2, -0.15) is 0 Å². The lowest BCUT2D eigenvalue weighted by Crippen LogP contribution is -2.11. The molecule has 0 aliphatic heterocycles. The highest BCUT2D eigenvalue weighted by atomic mass is 16.3. The number of hydrogen-bond donors (Lipinski definition) is 2. The lowest BCUT2D eigenvalue weighted by atomic mass is 10.1. The first kappa shape index (κ1) is 9.48. The highest BCUT2D eigenvalue weighted by Crippen LogP contribution is 1.98. The molecule has 0 aromatic rings. The third-order valence-electron chi connectivity index (χ3n) is 1.12. The topological polar surface area (TPSA) is 40.5 Å². The van der Waals surface area contributed by atoms with Crippen LogP contribution in [0, 0.1) is 17.8 Å². The normalized spacial score (nSPS) is 12.5. The van der Waals surface area contributed by atoms with Gasteiger partial charge in [0.15, 0.2) is 0 Å². The van der Waals surface area contributed by atoms with Crippen LogP contribution in [0.5, 0.6) is 0 Å². The minimum atomic E-state index is -0.549. The summed E-state index contributed by atoms with van der Waals surface area (Å²) in [5.74, 6) is 5.47. The molecule has 0 amide bonds. The fourth-order valence-corrected chi connectivity index (χ4v) is 0.399. The molecule has 0 saturated carbocycles. The van der Waals surface area contributed by atoms with E-state index in [-0.39, 0.29) is 12.5 Å². The maximum Gasteiger partial charge on any atom is 0.117 e. The molecule has 0 rings (SSSR count). The Hall–Kier alpha value is -0.520. The predicted octanol–water partition coefficient (Wildman–Crippen LogP) is 0.389. The van der Waals surface area contributed by atoms with Crippen molar-refractivity contribution in [1.82, 2.24) is 0 Å². The van der Waals surface area contributed by atoms with E-state index in [1.165, 1.54) is 0 Å². The molecular formula is C8H14O2. The summed E-state index contributed by atoms with van der Waals surface area (Å²) >= 11 is 0. The molecule has 0 aromatic carbocycles. The van der Waals surface area contributed by atoms with Gasteiger partial charge in [-0.1, -0.05) is 25.7 Å². The molecule has 0 aromatic heterocycles. The van der Waals surface area contributed by atoms with Gasteiger partial charge in [0, 0.05) is 6.42 Å². The van der Waals surface area contributed by atoms with Gasteiger partial charge in [-0.15, -0.1) is 0 Å². The SMILES string of the molecule is CC(C)[C@H](O)C#CCCO. The molecule has 1 atom stereocenters. The number of aliphatic hydroxyl groups is 2. The minimum Gasteiger partial charge on any atom is -0.395 e. The number of hydrogen-bond acceptors (Lipinski definition) is 2. The molecule has 0 saturated heterocycles. The van der Waals surface area contributed by atoms with Crippen LogP contribution in [0.3, 0.4) is 0 Å². The van der Waals surface area contributed by atoms with E-state index in [0.29, 0.717) is 6.42 Å². The van der Waals surface area contributed by atoms with Gasteiger partial charge < -0.3 is 10.2 Å². The summed E-state index contributed by atoms with van der Waals surface area (Å²) in [6.07, 6.45) is -0.101. The fourth-order valence-electron chi connectivity index (χ4n) is 0.399. The van der Waals surface area contributed by atoms with E-state index in [1.807, 2.05) is 13.8 Å². The van der Waals surface area contributed by atoms with Gasteiger partial charge in [-0.25, -0.2) is 0 Å². The van der Waals surface area contributed by atoms with Crippen LogP contribution in [0.1, 0.15) is 20.3 Å². The number of rotatable bonds is 2. The molecular weight excluding hydrogens is 128 g/mol. The van der Waals surface area contributed by atoms with Crippen molar-refractivity contribution in [2.45, 2.75) is 26.4 Å². The predicted molar refractivity (Wildman–Crippen MR) is 40.3 cm³/mol. The summed E-state index contributed by atoms with van der Waals surface area (Å²) in [5.41, 5.74) is 0. The van der Waals surface area contributed by atoms with Crippen LogP contribution in [-0.2, 0) is 0 Å². The van der Waals surface area contributed by atoms with Crippen molar-refractivity contribution in [1.29, 1.82) is 0 Å². The summed E-state index contributed by atoms with van der Waals surface area (Å²) in [6.45, 7) is 3.87. The zero-order valence-corrected chi connectivity index (χ0v) is 6.46. The van der Waals surface area contributed by atoms with Crippen molar-refractivity contribution in [3.05, 3.63) is 0 Å². The van der Waals surface area contributed by atoms with Gasteiger partial charge in [-0.3, -0.25) is 0 Å². The van der Waals surface area contributed by atoms with Crippen molar-refractivity contribution in [2.75, 3.05) is 6.61 Å². The molecule has 0 fully saturated rings. The molecule has 0 aliphatic rings. The van der Waals surface area contributed by atoms with Crippen molar-refractivity contribution >= 4 is 0 Å². The second-order valence-electron chi connectivity index (χ2n) is 2.48. The second-order valence-corrected chi connectivity index (χ2v) is 2.48. The van der Waals surface area contributed by atoms with Gasteiger partial charge in [0.25, 0.3) is 0 Å². The van der Waals surface area contributed by atoms with Gasteiger partial charge in [0.2, 0.25) is 0 Å².